The van der Waals surface area contributed by atoms with Crippen LogP contribution in [0, 0.1) is 11.8 Å². The minimum absolute atomic E-state index is 0.0984. The highest BCUT2D eigenvalue weighted by Gasteiger charge is 2.30. The number of rotatable bonds is 2. The van der Waals surface area contributed by atoms with Crippen molar-refractivity contribution in [1.29, 1.82) is 0 Å². The Kier molecular flexibility index (Phi) is 4.95. The first-order chi connectivity index (χ1) is 8.84. The second-order valence-corrected chi connectivity index (χ2v) is 3.74. The normalized spacial score (nSPS) is 10.6. The summed E-state index contributed by atoms with van der Waals surface area (Å²) in [6, 6.07) is 2.97. The van der Waals surface area contributed by atoms with Crippen LogP contribution in [0.4, 0.5) is 13.2 Å². The minimum Gasteiger partial charge on any atom is -0.392 e. The zero-order valence-corrected chi connectivity index (χ0v) is 10.1. The number of carbonyl (C=O) groups is 1. The van der Waals surface area contributed by atoms with Crippen molar-refractivity contribution in [2.24, 2.45) is 0 Å². The van der Waals surface area contributed by atoms with Crippen LogP contribution in [0.25, 0.3) is 0 Å². The summed E-state index contributed by atoms with van der Waals surface area (Å²) in [5.74, 6) is 4.95. The van der Waals surface area contributed by atoms with Gasteiger partial charge in [0.25, 0.3) is 0 Å². The first-order valence-corrected chi connectivity index (χ1v) is 5.39. The molecule has 3 nitrogen and oxygen atoms in total. The van der Waals surface area contributed by atoms with Gasteiger partial charge in [0, 0.05) is 12.5 Å². The standard InChI is InChI=1S/C13H12F3NO2/c1-9(19)17-6-2-3-10-4-5-12(13(14,15)16)7-11(10)8-18/h4-5,7,18H,6,8H2,1H3,(H,17,19). The molecule has 1 rings (SSSR count). The lowest BCUT2D eigenvalue weighted by Gasteiger charge is -2.09. The Bertz CT molecular complexity index is 527. The lowest BCUT2D eigenvalue weighted by molar-refractivity contribution is -0.137. The zero-order valence-electron chi connectivity index (χ0n) is 10.1. The molecular weight excluding hydrogens is 259 g/mol. The van der Waals surface area contributed by atoms with E-state index < -0.39 is 18.3 Å². The molecule has 0 aliphatic carbocycles. The fraction of sp³-hybridized carbons (Fsp3) is 0.308. The number of benzene rings is 1. The lowest BCUT2D eigenvalue weighted by Crippen LogP contribution is -2.19. The summed E-state index contributed by atoms with van der Waals surface area (Å²) in [6.07, 6.45) is -4.45. The number of nitrogens with one attached hydrogen (secondary N) is 1. The maximum atomic E-state index is 12.5. The van der Waals surface area contributed by atoms with Crippen LogP contribution < -0.4 is 5.32 Å². The van der Waals surface area contributed by atoms with Crippen molar-refractivity contribution in [3.05, 3.63) is 34.9 Å². The monoisotopic (exact) mass is 271 g/mol. The fourth-order valence-electron chi connectivity index (χ4n) is 1.33. The van der Waals surface area contributed by atoms with Crippen LogP contribution in [0.2, 0.25) is 0 Å². The zero-order chi connectivity index (χ0) is 14.5. The topological polar surface area (TPSA) is 49.3 Å². The van der Waals surface area contributed by atoms with Crippen molar-refractivity contribution in [3.8, 4) is 11.8 Å². The maximum Gasteiger partial charge on any atom is 0.416 e. The van der Waals surface area contributed by atoms with Gasteiger partial charge in [-0.2, -0.15) is 13.2 Å². The van der Waals surface area contributed by atoms with Crippen LogP contribution in [0.3, 0.4) is 0 Å². The maximum absolute atomic E-state index is 12.5. The molecule has 102 valence electrons. The first-order valence-electron chi connectivity index (χ1n) is 5.39. The van der Waals surface area contributed by atoms with Gasteiger partial charge in [0.15, 0.2) is 0 Å². The third-order valence-electron chi connectivity index (χ3n) is 2.25. The number of amides is 1. The first kappa shape index (κ1) is 15.1. The molecule has 6 heteroatoms. The summed E-state index contributed by atoms with van der Waals surface area (Å²) < 4.78 is 37.4. The van der Waals surface area contributed by atoms with E-state index in [2.05, 4.69) is 17.2 Å². The largest absolute Gasteiger partial charge is 0.416 e. The van der Waals surface area contributed by atoms with Crippen LogP contribution in [0.5, 0.6) is 0 Å². The predicted octanol–water partition coefficient (Wildman–Crippen LogP) is 1.69. The smallest absolute Gasteiger partial charge is 0.392 e. The molecule has 0 spiro atoms. The number of hydrogen-bond donors (Lipinski definition) is 2. The van der Waals surface area contributed by atoms with E-state index in [4.69, 9.17) is 5.11 Å². The Hall–Kier alpha value is -2.00. The minimum atomic E-state index is -4.45. The van der Waals surface area contributed by atoms with E-state index in [0.29, 0.717) is 5.56 Å². The Morgan fingerprint density at radius 3 is 2.63 bits per heavy atom. The fourth-order valence-corrected chi connectivity index (χ4v) is 1.33. The van der Waals surface area contributed by atoms with Crippen molar-refractivity contribution in [1.82, 2.24) is 5.32 Å². The molecule has 0 saturated carbocycles. The summed E-state index contributed by atoms with van der Waals surface area (Å²) in [5.41, 5.74) is -0.421. The van der Waals surface area contributed by atoms with Crippen LogP contribution in [0.1, 0.15) is 23.6 Å². The quantitative estimate of drug-likeness (QED) is 0.804. The van der Waals surface area contributed by atoms with Crippen molar-refractivity contribution >= 4 is 5.91 Å². The highest BCUT2D eigenvalue weighted by Crippen LogP contribution is 2.30. The summed E-state index contributed by atoms with van der Waals surface area (Å²) >= 11 is 0. The van der Waals surface area contributed by atoms with Crippen LogP contribution >= 0.6 is 0 Å². The van der Waals surface area contributed by atoms with Gasteiger partial charge in [0.1, 0.15) is 0 Å². The lowest BCUT2D eigenvalue weighted by atomic mass is 10.0. The third kappa shape index (κ3) is 4.64. The Labute approximate surface area is 108 Å². The van der Waals surface area contributed by atoms with Crippen LogP contribution in [-0.4, -0.2) is 17.6 Å². The summed E-state index contributed by atoms with van der Waals surface area (Å²) in [4.78, 5) is 10.6. The van der Waals surface area contributed by atoms with Crippen molar-refractivity contribution < 1.29 is 23.1 Å². The van der Waals surface area contributed by atoms with E-state index in [-0.39, 0.29) is 18.0 Å². The van der Waals surface area contributed by atoms with Crippen LogP contribution in [0.15, 0.2) is 18.2 Å². The molecule has 1 amide bonds. The second-order valence-electron chi connectivity index (χ2n) is 3.74. The third-order valence-corrected chi connectivity index (χ3v) is 2.25. The summed E-state index contributed by atoms with van der Waals surface area (Å²) in [6.45, 7) is 0.897. The van der Waals surface area contributed by atoms with Gasteiger partial charge < -0.3 is 10.4 Å². The molecule has 0 atom stereocenters. The van der Waals surface area contributed by atoms with Gasteiger partial charge in [0.05, 0.1) is 18.7 Å². The number of aliphatic hydroxyl groups is 1. The van der Waals surface area contributed by atoms with Gasteiger partial charge >= 0.3 is 6.18 Å². The highest BCUT2D eigenvalue weighted by molar-refractivity contribution is 5.73. The summed E-state index contributed by atoms with van der Waals surface area (Å²) in [7, 11) is 0. The van der Waals surface area contributed by atoms with E-state index >= 15 is 0 Å². The van der Waals surface area contributed by atoms with Gasteiger partial charge in [-0.1, -0.05) is 11.8 Å². The number of hydrogen-bond acceptors (Lipinski definition) is 2. The van der Waals surface area contributed by atoms with Crippen molar-refractivity contribution in [2.45, 2.75) is 19.7 Å². The average Bonchev–Trinajstić information content (AvgIpc) is 2.33. The van der Waals surface area contributed by atoms with Crippen LogP contribution in [-0.2, 0) is 17.6 Å². The average molecular weight is 271 g/mol. The molecule has 0 fully saturated rings. The molecule has 0 unspecified atom stereocenters. The molecule has 0 radical (unpaired) electrons. The van der Waals surface area contributed by atoms with Gasteiger partial charge in [-0.25, -0.2) is 0 Å². The molecule has 0 aliphatic heterocycles. The molecule has 1 aromatic carbocycles. The van der Waals surface area contributed by atoms with Gasteiger partial charge in [-0.3, -0.25) is 4.79 Å². The molecule has 0 aromatic heterocycles. The molecular formula is C13H12F3NO2. The van der Waals surface area contributed by atoms with Crippen molar-refractivity contribution in [2.75, 3.05) is 6.54 Å². The van der Waals surface area contributed by atoms with E-state index in [1.807, 2.05) is 0 Å². The molecule has 0 heterocycles. The predicted molar refractivity (Wildman–Crippen MR) is 62.9 cm³/mol. The van der Waals surface area contributed by atoms with Gasteiger partial charge in [0.2, 0.25) is 5.91 Å². The van der Waals surface area contributed by atoms with E-state index in [9.17, 15) is 18.0 Å². The Balaban J connectivity index is 2.93. The highest BCUT2D eigenvalue weighted by atomic mass is 19.4. The number of halogens is 3. The molecule has 19 heavy (non-hydrogen) atoms. The second kappa shape index (κ2) is 6.25. The van der Waals surface area contributed by atoms with Gasteiger partial charge in [-0.15, -0.1) is 0 Å². The van der Waals surface area contributed by atoms with E-state index in [1.165, 1.54) is 13.0 Å². The number of alkyl halides is 3. The molecule has 0 saturated heterocycles. The van der Waals surface area contributed by atoms with Crippen molar-refractivity contribution in [3.63, 3.8) is 0 Å². The Morgan fingerprint density at radius 1 is 1.42 bits per heavy atom. The summed E-state index contributed by atoms with van der Waals surface area (Å²) in [5, 5.41) is 11.5. The molecule has 0 bridgehead atoms. The number of aliphatic hydroxyl groups excluding tert-OH is 1. The molecule has 1 aromatic rings. The van der Waals surface area contributed by atoms with E-state index in [0.717, 1.165) is 12.1 Å². The van der Waals surface area contributed by atoms with Gasteiger partial charge in [-0.05, 0) is 23.8 Å². The Morgan fingerprint density at radius 2 is 2.11 bits per heavy atom. The SMILES string of the molecule is CC(=O)NCC#Cc1ccc(C(F)(F)F)cc1CO. The number of carbonyl (C=O) groups excluding carboxylic acids is 1. The molecule has 0 aliphatic rings. The van der Waals surface area contributed by atoms with E-state index in [1.54, 1.807) is 0 Å². The molecule has 2 N–H and O–H groups in total.